The molecule has 0 radical (unpaired) electrons. The van der Waals surface area contributed by atoms with Gasteiger partial charge in [-0.3, -0.25) is 9.59 Å². The van der Waals surface area contributed by atoms with E-state index in [0.29, 0.717) is 18.7 Å². The zero-order valence-corrected chi connectivity index (χ0v) is 17.5. The summed E-state index contributed by atoms with van der Waals surface area (Å²) in [6.45, 7) is 1.14. The molecule has 0 unspecified atom stereocenters. The number of carbonyl (C=O) groups is 2. The van der Waals surface area contributed by atoms with Crippen LogP contribution in [-0.4, -0.2) is 28.2 Å². The van der Waals surface area contributed by atoms with Crippen LogP contribution in [0.2, 0.25) is 0 Å². The number of nitrogens with zero attached hydrogens (tertiary/aromatic N) is 1. The van der Waals surface area contributed by atoms with Crippen molar-refractivity contribution in [2.75, 3.05) is 6.54 Å². The molecule has 2 N–H and O–H groups in total. The maximum Gasteiger partial charge on any atom is 0.270 e. The number of hydrogen-bond donors (Lipinski definition) is 2. The predicted octanol–water partition coefficient (Wildman–Crippen LogP) is 4.52. The van der Waals surface area contributed by atoms with Gasteiger partial charge in [-0.2, -0.15) is 0 Å². The van der Waals surface area contributed by atoms with Crippen molar-refractivity contribution >= 4 is 28.8 Å². The van der Waals surface area contributed by atoms with Crippen LogP contribution in [0.5, 0.6) is 0 Å². The normalized spacial score (nSPS) is 13.6. The molecule has 5 nitrogen and oxygen atoms in total. The minimum Gasteiger partial charge on any atom is -0.361 e. The number of H-pyrrole nitrogens is 1. The molecule has 5 heteroatoms. The molecule has 158 valence electrons. The van der Waals surface area contributed by atoms with Gasteiger partial charge in [-0.1, -0.05) is 60.7 Å². The maximum absolute atomic E-state index is 13.6. The van der Waals surface area contributed by atoms with Gasteiger partial charge in [0, 0.05) is 41.3 Å². The Balaban J connectivity index is 1.49. The van der Waals surface area contributed by atoms with Gasteiger partial charge in [-0.15, -0.1) is 0 Å². The second-order valence-electron chi connectivity index (χ2n) is 7.91. The molecule has 0 spiro atoms. The van der Waals surface area contributed by atoms with Crippen LogP contribution in [0, 0.1) is 0 Å². The molecule has 4 aromatic rings. The average Bonchev–Trinajstić information content (AvgIpc) is 3.26. The Morgan fingerprint density at radius 2 is 1.59 bits per heavy atom. The van der Waals surface area contributed by atoms with Gasteiger partial charge in [0.1, 0.15) is 5.70 Å². The standard InChI is InChI=1S/C27H23N3O2/c31-26(20-9-2-1-3-10-20)29-25(16-22-17-28-24-13-7-6-12-23(22)24)27(32)30-15-14-19-8-4-5-11-21(19)18-30/h1-13,16-17,28H,14-15,18H2,(H,29,31)/b25-16-. The summed E-state index contributed by atoms with van der Waals surface area (Å²) in [6, 6.07) is 25.0. The van der Waals surface area contributed by atoms with E-state index in [-0.39, 0.29) is 17.5 Å². The summed E-state index contributed by atoms with van der Waals surface area (Å²) in [5.74, 6) is -0.489. The fourth-order valence-electron chi connectivity index (χ4n) is 4.14. The topological polar surface area (TPSA) is 65.2 Å². The number of carbonyl (C=O) groups excluding carboxylic acids is 2. The minimum absolute atomic E-state index is 0.186. The quantitative estimate of drug-likeness (QED) is 0.476. The summed E-state index contributed by atoms with van der Waals surface area (Å²) in [5, 5.41) is 3.87. The number of amides is 2. The molecular weight excluding hydrogens is 398 g/mol. The zero-order chi connectivity index (χ0) is 21.9. The van der Waals surface area contributed by atoms with E-state index in [1.54, 1.807) is 35.2 Å². The van der Waals surface area contributed by atoms with Gasteiger partial charge >= 0.3 is 0 Å². The van der Waals surface area contributed by atoms with Crippen LogP contribution >= 0.6 is 0 Å². The Morgan fingerprint density at radius 3 is 2.44 bits per heavy atom. The highest BCUT2D eigenvalue weighted by Gasteiger charge is 2.25. The molecule has 2 amide bonds. The Labute approximate surface area is 186 Å². The SMILES string of the molecule is O=C(N/C(=C\c1c[nH]c2ccccc12)C(=O)N1CCc2ccccc2C1)c1ccccc1. The largest absolute Gasteiger partial charge is 0.361 e. The van der Waals surface area contributed by atoms with Crippen molar-refractivity contribution in [1.29, 1.82) is 0 Å². The van der Waals surface area contributed by atoms with E-state index in [2.05, 4.69) is 22.4 Å². The molecule has 2 heterocycles. The Bertz CT molecular complexity index is 1320. The van der Waals surface area contributed by atoms with E-state index >= 15 is 0 Å². The van der Waals surface area contributed by atoms with Crippen LogP contribution in [-0.2, 0) is 17.8 Å². The van der Waals surface area contributed by atoms with Crippen LogP contribution in [0.1, 0.15) is 27.0 Å². The van der Waals surface area contributed by atoms with Crippen LogP contribution in [0.4, 0.5) is 0 Å². The Hall–Kier alpha value is -4.12. The minimum atomic E-state index is -0.303. The van der Waals surface area contributed by atoms with E-state index < -0.39 is 0 Å². The number of aromatic nitrogens is 1. The first-order chi connectivity index (χ1) is 15.7. The summed E-state index contributed by atoms with van der Waals surface area (Å²) in [7, 11) is 0. The van der Waals surface area contributed by atoms with Crippen molar-refractivity contribution in [1.82, 2.24) is 15.2 Å². The van der Waals surface area contributed by atoms with E-state index in [0.717, 1.165) is 28.5 Å². The lowest BCUT2D eigenvalue weighted by atomic mass is 9.99. The van der Waals surface area contributed by atoms with Crippen LogP contribution in [0.3, 0.4) is 0 Å². The first-order valence-corrected chi connectivity index (χ1v) is 10.7. The monoisotopic (exact) mass is 421 g/mol. The third-order valence-electron chi connectivity index (χ3n) is 5.85. The smallest absolute Gasteiger partial charge is 0.270 e. The Kier molecular flexibility index (Phi) is 5.30. The van der Waals surface area contributed by atoms with Crippen molar-refractivity contribution in [3.63, 3.8) is 0 Å². The number of nitrogens with one attached hydrogen (secondary N) is 2. The molecule has 0 aliphatic carbocycles. The molecule has 0 saturated heterocycles. The van der Waals surface area contributed by atoms with Crippen molar-refractivity contribution in [2.24, 2.45) is 0 Å². The van der Waals surface area contributed by atoms with Gasteiger partial charge in [0.05, 0.1) is 0 Å². The highest BCUT2D eigenvalue weighted by atomic mass is 16.2. The van der Waals surface area contributed by atoms with Gasteiger partial charge in [0.25, 0.3) is 11.8 Å². The lowest BCUT2D eigenvalue weighted by Gasteiger charge is -2.29. The molecule has 32 heavy (non-hydrogen) atoms. The molecule has 3 aromatic carbocycles. The van der Waals surface area contributed by atoms with Crippen molar-refractivity contribution in [2.45, 2.75) is 13.0 Å². The molecule has 1 aromatic heterocycles. The van der Waals surface area contributed by atoms with E-state index in [1.165, 1.54) is 5.56 Å². The van der Waals surface area contributed by atoms with Crippen molar-refractivity contribution in [3.8, 4) is 0 Å². The second kappa shape index (κ2) is 8.55. The summed E-state index contributed by atoms with van der Waals surface area (Å²) in [4.78, 5) is 31.5. The molecule has 0 fully saturated rings. The third-order valence-corrected chi connectivity index (χ3v) is 5.85. The zero-order valence-electron chi connectivity index (χ0n) is 17.5. The number of hydrogen-bond acceptors (Lipinski definition) is 2. The fourth-order valence-corrected chi connectivity index (χ4v) is 4.14. The molecule has 1 aliphatic heterocycles. The molecule has 0 atom stereocenters. The highest BCUT2D eigenvalue weighted by molar-refractivity contribution is 6.06. The number of benzene rings is 3. The molecule has 0 saturated carbocycles. The summed E-state index contributed by atoms with van der Waals surface area (Å²) in [6.07, 6.45) is 4.43. The van der Waals surface area contributed by atoms with Gasteiger partial charge in [-0.25, -0.2) is 0 Å². The summed E-state index contributed by atoms with van der Waals surface area (Å²) in [5.41, 5.74) is 5.03. The van der Waals surface area contributed by atoms with E-state index in [9.17, 15) is 9.59 Å². The number of aromatic amines is 1. The van der Waals surface area contributed by atoms with Gasteiger partial charge in [0.2, 0.25) is 0 Å². The maximum atomic E-state index is 13.6. The molecular formula is C27H23N3O2. The van der Waals surface area contributed by atoms with Crippen LogP contribution in [0.15, 0.2) is 90.8 Å². The van der Waals surface area contributed by atoms with Crippen molar-refractivity contribution in [3.05, 3.63) is 113 Å². The second-order valence-corrected chi connectivity index (χ2v) is 7.91. The predicted molar refractivity (Wildman–Crippen MR) is 126 cm³/mol. The summed E-state index contributed by atoms with van der Waals surface area (Å²) < 4.78 is 0. The third kappa shape index (κ3) is 3.93. The molecule has 0 bridgehead atoms. The summed E-state index contributed by atoms with van der Waals surface area (Å²) >= 11 is 0. The number of fused-ring (bicyclic) bond motifs is 2. The van der Waals surface area contributed by atoms with Gasteiger partial charge in [-0.05, 0) is 41.8 Å². The first-order valence-electron chi connectivity index (χ1n) is 10.7. The van der Waals surface area contributed by atoms with Gasteiger partial charge < -0.3 is 15.2 Å². The lowest BCUT2D eigenvalue weighted by molar-refractivity contribution is -0.128. The highest BCUT2D eigenvalue weighted by Crippen LogP contribution is 2.23. The van der Waals surface area contributed by atoms with Crippen LogP contribution in [0.25, 0.3) is 17.0 Å². The van der Waals surface area contributed by atoms with Crippen LogP contribution < -0.4 is 5.32 Å². The first kappa shape index (κ1) is 19.8. The average molecular weight is 422 g/mol. The van der Waals surface area contributed by atoms with E-state index in [1.807, 2.05) is 48.7 Å². The number of rotatable bonds is 4. The molecule has 1 aliphatic rings. The van der Waals surface area contributed by atoms with E-state index in [4.69, 9.17) is 0 Å². The molecule has 5 rings (SSSR count). The van der Waals surface area contributed by atoms with Gasteiger partial charge in [0.15, 0.2) is 0 Å². The fraction of sp³-hybridized carbons (Fsp3) is 0.111. The lowest BCUT2D eigenvalue weighted by Crippen LogP contribution is -2.41. The number of para-hydroxylation sites is 1. The van der Waals surface area contributed by atoms with Crippen molar-refractivity contribution < 1.29 is 9.59 Å². The Morgan fingerprint density at radius 1 is 0.875 bits per heavy atom.